The van der Waals surface area contributed by atoms with E-state index in [9.17, 15) is 14.4 Å². The van der Waals surface area contributed by atoms with Gasteiger partial charge in [0.2, 0.25) is 0 Å². The topological polar surface area (TPSA) is 101 Å². The zero-order chi connectivity index (χ0) is 24.1. The first kappa shape index (κ1) is 23.9. The maximum absolute atomic E-state index is 12.9. The minimum Gasteiger partial charge on any atom is -0.491 e. The molecule has 1 fully saturated rings. The summed E-state index contributed by atoms with van der Waals surface area (Å²) in [6.45, 7) is 5.19. The van der Waals surface area contributed by atoms with E-state index < -0.39 is 5.91 Å². The average molecular weight is 499 g/mol. The first-order valence-corrected chi connectivity index (χ1v) is 12.9. The summed E-state index contributed by atoms with van der Waals surface area (Å²) in [5.41, 5.74) is 6.21. The van der Waals surface area contributed by atoms with Crippen molar-refractivity contribution < 1.29 is 19.1 Å². The van der Waals surface area contributed by atoms with Crippen LogP contribution in [0.5, 0.6) is 5.75 Å². The van der Waals surface area contributed by atoms with Gasteiger partial charge in [0.25, 0.3) is 17.7 Å². The Kier molecular flexibility index (Phi) is 7.59. The van der Waals surface area contributed by atoms with Crippen molar-refractivity contribution in [1.82, 2.24) is 20.7 Å². The number of hydrazine groups is 1. The highest BCUT2D eigenvalue weighted by atomic mass is 32.1. The fourth-order valence-corrected chi connectivity index (χ4v) is 5.29. The van der Waals surface area contributed by atoms with Gasteiger partial charge in [-0.15, -0.1) is 11.3 Å². The number of ether oxygens (including phenoxy) is 1. The van der Waals surface area contributed by atoms with Crippen LogP contribution < -0.4 is 15.6 Å². The Morgan fingerprint density at radius 2 is 1.71 bits per heavy atom. The summed E-state index contributed by atoms with van der Waals surface area (Å²) in [6.07, 6.45) is 1.65. The summed E-state index contributed by atoms with van der Waals surface area (Å²) >= 11 is 2.84. The molecule has 3 heterocycles. The normalized spacial score (nSPS) is 14.1. The Balaban J connectivity index is 1.27. The summed E-state index contributed by atoms with van der Waals surface area (Å²) in [5.74, 6) is 0.126. The molecule has 10 heteroatoms. The highest BCUT2D eigenvalue weighted by Gasteiger charge is 2.27. The van der Waals surface area contributed by atoms with Crippen LogP contribution in [0, 0.1) is 0 Å². The molecular formula is C24H26N4O4S2. The second-order valence-corrected chi connectivity index (χ2v) is 9.92. The Bertz CT molecular complexity index is 1130. The van der Waals surface area contributed by atoms with Crippen molar-refractivity contribution in [1.29, 1.82) is 0 Å². The van der Waals surface area contributed by atoms with Gasteiger partial charge in [0, 0.05) is 35.3 Å². The molecule has 0 unspecified atom stereocenters. The third-order valence-electron chi connectivity index (χ3n) is 5.43. The van der Waals surface area contributed by atoms with Gasteiger partial charge in [-0.1, -0.05) is 0 Å². The van der Waals surface area contributed by atoms with Crippen LogP contribution in [0.25, 0.3) is 0 Å². The van der Waals surface area contributed by atoms with Crippen molar-refractivity contribution in [2.75, 3.05) is 13.1 Å². The minimum absolute atomic E-state index is 0.00937. The minimum atomic E-state index is -0.455. The molecule has 0 saturated carbocycles. The summed E-state index contributed by atoms with van der Waals surface area (Å²) in [4.78, 5) is 43.5. The predicted octanol–water partition coefficient (Wildman–Crippen LogP) is 4.09. The Morgan fingerprint density at radius 1 is 1.00 bits per heavy atom. The third kappa shape index (κ3) is 5.81. The average Bonchev–Trinajstić information content (AvgIpc) is 3.55. The Hall–Kier alpha value is -3.24. The highest BCUT2D eigenvalue weighted by molar-refractivity contribution is 7.10. The molecule has 1 aliphatic rings. The molecule has 34 heavy (non-hydrogen) atoms. The number of aromatic nitrogens is 1. The number of carbonyl (C=O) groups excluding carboxylic acids is 3. The van der Waals surface area contributed by atoms with Crippen LogP contribution >= 0.6 is 22.7 Å². The molecule has 8 nitrogen and oxygen atoms in total. The van der Waals surface area contributed by atoms with Gasteiger partial charge in [-0.05, 0) is 62.4 Å². The number of carbonyl (C=O) groups is 3. The van der Waals surface area contributed by atoms with E-state index in [1.54, 1.807) is 34.3 Å². The molecule has 2 aromatic heterocycles. The number of likely N-dealkylation sites (tertiary alicyclic amines) is 1. The first-order valence-electron chi connectivity index (χ1n) is 11.0. The molecule has 178 valence electrons. The van der Waals surface area contributed by atoms with E-state index in [-0.39, 0.29) is 29.5 Å². The maximum Gasteiger partial charge on any atom is 0.289 e. The van der Waals surface area contributed by atoms with E-state index in [2.05, 4.69) is 15.8 Å². The quantitative estimate of drug-likeness (QED) is 0.499. The molecule has 3 amide bonds. The molecule has 1 aromatic carbocycles. The molecule has 0 bridgehead atoms. The number of hydrogen-bond acceptors (Lipinski definition) is 7. The number of amides is 3. The fourth-order valence-electron chi connectivity index (χ4n) is 3.68. The van der Waals surface area contributed by atoms with Crippen LogP contribution in [-0.4, -0.2) is 46.8 Å². The van der Waals surface area contributed by atoms with E-state index >= 15 is 0 Å². The smallest absolute Gasteiger partial charge is 0.289 e. The van der Waals surface area contributed by atoms with Crippen molar-refractivity contribution in [2.24, 2.45) is 0 Å². The van der Waals surface area contributed by atoms with Gasteiger partial charge < -0.3 is 9.64 Å². The molecule has 0 radical (unpaired) electrons. The molecule has 1 aliphatic heterocycles. The van der Waals surface area contributed by atoms with Gasteiger partial charge in [-0.3, -0.25) is 25.2 Å². The van der Waals surface area contributed by atoms with Crippen molar-refractivity contribution in [3.8, 4) is 5.75 Å². The standard InChI is InChI=1S/C24H26N4O4S2/c1-15(2)32-19-5-3-17(4-6-19)24(31)28-10-7-16(8-11-28)23-25-20(14-34-23)22(30)27-26-21(29)18-9-12-33-13-18/h3-6,9,12-16H,7-8,10-11H2,1-2H3,(H,26,29)(H,27,30). The molecule has 2 N–H and O–H groups in total. The molecular weight excluding hydrogens is 472 g/mol. The summed E-state index contributed by atoms with van der Waals surface area (Å²) in [6, 6.07) is 8.93. The maximum atomic E-state index is 12.9. The predicted molar refractivity (Wildman–Crippen MR) is 131 cm³/mol. The molecule has 3 aromatic rings. The largest absolute Gasteiger partial charge is 0.491 e. The molecule has 1 saturated heterocycles. The van der Waals surface area contributed by atoms with Gasteiger partial charge >= 0.3 is 0 Å². The van der Waals surface area contributed by atoms with Crippen molar-refractivity contribution in [2.45, 2.75) is 38.7 Å². The van der Waals surface area contributed by atoms with Gasteiger partial charge in [0.1, 0.15) is 11.4 Å². The van der Waals surface area contributed by atoms with E-state index in [4.69, 9.17) is 4.74 Å². The summed E-state index contributed by atoms with van der Waals surface area (Å²) < 4.78 is 5.64. The van der Waals surface area contributed by atoms with Crippen molar-refractivity contribution in [3.05, 3.63) is 68.3 Å². The fraction of sp³-hybridized carbons (Fsp3) is 0.333. The third-order valence-corrected chi connectivity index (χ3v) is 7.12. The lowest BCUT2D eigenvalue weighted by Crippen LogP contribution is -2.41. The lowest BCUT2D eigenvalue weighted by molar-refractivity contribution is 0.0712. The van der Waals surface area contributed by atoms with E-state index in [0.717, 1.165) is 23.6 Å². The SMILES string of the molecule is CC(C)Oc1ccc(C(=O)N2CCC(c3nc(C(=O)NNC(=O)c4ccsc4)cs3)CC2)cc1. The first-order chi connectivity index (χ1) is 16.4. The number of thiazole rings is 1. The van der Waals surface area contributed by atoms with Gasteiger partial charge in [0.15, 0.2) is 0 Å². The monoisotopic (exact) mass is 498 g/mol. The second-order valence-electron chi connectivity index (χ2n) is 8.25. The molecule has 4 rings (SSSR count). The number of rotatable bonds is 6. The van der Waals surface area contributed by atoms with E-state index in [0.29, 0.717) is 24.2 Å². The highest BCUT2D eigenvalue weighted by Crippen LogP contribution is 2.31. The molecule has 0 atom stereocenters. The van der Waals surface area contributed by atoms with Crippen LogP contribution in [0.1, 0.15) is 68.8 Å². The zero-order valence-corrected chi connectivity index (χ0v) is 20.6. The van der Waals surface area contributed by atoms with Crippen molar-refractivity contribution in [3.63, 3.8) is 0 Å². The van der Waals surface area contributed by atoms with E-state index in [1.807, 2.05) is 30.9 Å². The van der Waals surface area contributed by atoms with Crippen molar-refractivity contribution >= 4 is 40.4 Å². The van der Waals surface area contributed by atoms with Crippen LogP contribution in [0.15, 0.2) is 46.5 Å². The van der Waals surface area contributed by atoms with Crippen LogP contribution in [0.2, 0.25) is 0 Å². The number of piperidine rings is 1. The second kappa shape index (κ2) is 10.8. The van der Waals surface area contributed by atoms with Crippen LogP contribution in [0.3, 0.4) is 0 Å². The zero-order valence-electron chi connectivity index (χ0n) is 18.9. The summed E-state index contributed by atoms with van der Waals surface area (Å²) in [5, 5.41) is 6.06. The van der Waals surface area contributed by atoms with Gasteiger partial charge in [-0.2, -0.15) is 11.3 Å². The molecule has 0 spiro atoms. The Morgan fingerprint density at radius 3 is 2.35 bits per heavy atom. The lowest BCUT2D eigenvalue weighted by atomic mass is 9.97. The lowest BCUT2D eigenvalue weighted by Gasteiger charge is -2.31. The van der Waals surface area contributed by atoms with Gasteiger partial charge in [0.05, 0.1) is 16.7 Å². The number of hydrogen-bond donors (Lipinski definition) is 2. The number of nitrogens with one attached hydrogen (secondary N) is 2. The Labute approximate surface area is 205 Å². The molecule has 0 aliphatic carbocycles. The number of thiophene rings is 1. The van der Waals surface area contributed by atoms with Crippen LogP contribution in [0.4, 0.5) is 0 Å². The summed E-state index contributed by atoms with van der Waals surface area (Å²) in [7, 11) is 0. The van der Waals surface area contributed by atoms with E-state index in [1.165, 1.54) is 22.7 Å². The number of benzene rings is 1. The van der Waals surface area contributed by atoms with Crippen LogP contribution in [-0.2, 0) is 0 Å². The number of nitrogens with zero attached hydrogens (tertiary/aromatic N) is 2. The van der Waals surface area contributed by atoms with Gasteiger partial charge in [-0.25, -0.2) is 4.98 Å².